The van der Waals surface area contributed by atoms with Crippen LogP contribution < -0.4 is 4.74 Å². The monoisotopic (exact) mass is 315 g/mol. The van der Waals surface area contributed by atoms with E-state index < -0.39 is 0 Å². The number of unbranched alkanes of at least 4 members (excludes halogenated alkanes) is 4. The summed E-state index contributed by atoms with van der Waals surface area (Å²) in [5, 5.41) is 0. The molecule has 0 heterocycles. The van der Waals surface area contributed by atoms with E-state index in [1.165, 1.54) is 25.0 Å². The zero-order valence-corrected chi connectivity index (χ0v) is 13.6. The Bertz CT molecular complexity index is 573. The van der Waals surface area contributed by atoms with E-state index in [-0.39, 0.29) is 29.0 Å². The van der Waals surface area contributed by atoms with Gasteiger partial charge in [-0.05, 0) is 37.5 Å². The number of hydrogen-bond donors (Lipinski definition) is 0. The molecule has 0 aromatic heterocycles. The van der Waals surface area contributed by atoms with Gasteiger partial charge in [0.25, 0.3) is 0 Å². The van der Waals surface area contributed by atoms with Crippen molar-refractivity contribution in [3.63, 3.8) is 0 Å². The third-order valence-corrected chi connectivity index (χ3v) is 4.04. The van der Waals surface area contributed by atoms with E-state index in [0.29, 0.717) is 12.0 Å². The molecule has 0 unspecified atom stereocenters. The molecule has 0 bridgehead atoms. The van der Waals surface area contributed by atoms with E-state index in [2.05, 4.69) is 6.92 Å². The lowest BCUT2D eigenvalue weighted by Gasteiger charge is -2.08. The molecule has 1 aromatic rings. The molecule has 1 radical (unpaired) electrons. The number of hydrogen-bond acceptors (Lipinski definition) is 4. The molecule has 0 atom stereocenters. The van der Waals surface area contributed by atoms with E-state index in [1.54, 1.807) is 12.4 Å². The Kier molecular flexibility index (Phi) is 6.51. The number of rotatable bonds is 10. The molecule has 0 saturated heterocycles. The average molecular weight is 315 g/mol. The summed E-state index contributed by atoms with van der Waals surface area (Å²) in [6, 6.07) is 4.60. The third-order valence-electron chi connectivity index (χ3n) is 4.04. The van der Waals surface area contributed by atoms with E-state index in [4.69, 9.17) is 4.74 Å². The smallest absolute Gasteiger partial charge is 0.314 e. The first-order valence-corrected chi connectivity index (χ1v) is 8.42. The zero-order valence-electron chi connectivity index (χ0n) is 13.6. The van der Waals surface area contributed by atoms with Crippen molar-refractivity contribution in [1.29, 1.82) is 0 Å². The molecular weight excluding hydrogens is 292 g/mol. The Hall–Kier alpha value is -1.97. The van der Waals surface area contributed by atoms with Crippen molar-refractivity contribution >= 4 is 18.0 Å². The van der Waals surface area contributed by atoms with Crippen LogP contribution in [0.2, 0.25) is 0 Å². The Morgan fingerprint density at radius 1 is 1.17 bits per heavy atom. The van der Waals surface area contributed by atoms with Gasteiger partial charge in [0.2, 0.25) is 6.29 Å². The molecule has 1 fully saturated rings. The van der Waals surface area contributed by atoms with Crippen LogP contribution in [0.3, 0.4) is 0 Å². The summed E-state index contributed by atoms with van der Waals surface area (Å²) in [5.74, 6) is -0.148. The van der Waals surface area contributed by atoms with Crippen LogP contribution in [0.5, 0.6) is 5.75 Å². The van der Waals surface area contributed by atoms with Gasteiger partial charge < -0.3 is 4.74 Å². The lowest BCUT2D eigenvalue weighted by molar-refractivity contribution is -0.135. The molecule has 1 aliphatic carbocycles. The van der Waals surface area contributed by atoms with Crippen molar-refractivity contribution in [2.24, 2.45) is 5.92 Å². The Morgan fingerprint density at radius 2 is 1.91 bits per heavy atom. The summed E-state index contributed by atoms with van der Waals surface area (Å²) in [4.78, 5) is 34.9. The number of ether oxygens (including phenoxy) is 1. The number of ketones is 1. The highest BCUT2D eigenvalue weighted by Gasteiger charge is 2.32. The molecule has 0 aliphatic heterocycles. The first-order valence-electron chi connectivity index (χ1n) is 8.42. The Morgan fingerprint density at radius 3 is 2.57 bits per heavy atom. The van der Waals surface area contributed by atoms with Crippen LogP contribution in [0, 0.1) is 5.92 Å². The predicted molar refractivity (Wildman–Crippen MR) is 87.3 cm³/mol. The van der Waals surface area contributed by atoms with E-state index >= 15 is 0 Å². The quantitative estimate of drug-likeness (QED) is 0.283. The van der Waals surface area contributed by atoms with Gasteiger partial charge in [-0.15, -0.1) is 0 Å². The van der Waals surface area contributed by atoms with Gasteiger partial charge in [-0.1, -0.05) is 32.6 Å². The SMILES string of the molecule is CCCCCCCC(=O)c1ccc(OC(=O)C2CC2)c([C]=O)c1. The van der Waals surface area contributed by atoms with Crippen molar-refractivity contribution < 1.29 is 19.1 Å². The molecule has 23 heavy (non-hydrogen) atoms. The predicted octanol–water partition coefficient (Wildman–Crippen LogP) is 4.00. The van der Waals surface area contributed by atoms with Gasteiger partial charge >= 0.3 is 5.97 Å². The highest BCUT2D eigenvalue weighted by atomic mass is 16.5. The third kappa shape index (κ3) is 5.31. The fourth-order valence-corrected chi connectivity index (χ4v) is 2.42. The Labute approximate surface area is 137 Å². The number of carbonyl (C=O) groups is 2. The van der Waals surface area contributed by atoms with Gasteiger partial charge in [-0.2, -0.15) is 0 Å². The number of carbonyl (C=O) groups excluding carboxylic acids is 3. The second-order valence-electron chi connectivity index (χ2n) is 6.10. The van der Waals surface area contributed by atoms with Crippen LogP contribution in [0.25, 0.3) is 0 Å². The van der Waals surface area contributed by atoms with Crippen molar-refractivity contribution in [3.8, 4) is 5.75 Å². The molecule has 123 valence electrons. The van der Waals surface area contributed by atoms with Crippen LogP contribution in [-0.2, 0) is 9.59 Å². The van der Waals surface area contributed by atoms with Crippen molar-refractivity contribution in [3.05, 3.63) is 29.3 Å². The van der Waals surface area contributed by atoms with Gasteiger partial charge in [-0.3, -0.25) is 14.4 Å². The van der Waals surface area contributed by atoms with Gasteiger partial charge in [0.1, 0.15) is 5.75 Å². The van der Waals surface area contributed by atoms with Crippen molar-refractivity contribution in [2.45, 2.75) is 58.3 Å². The second kappa shape index (κ2) is 8.61. The minimum absolute atomic E-state index is 0.0121. The largest absolute Gasteiger partial charge is 0.426 e. The van der Waals surface area contributed by atoms with E-state index in [9.17, 15) is 14.4 Å². The molecule has 4 nitrogen and oxygen atoms in total. The van der Waals surface area contributed by atoms with Crippen LogP contribution >= 0.6 is 0 Å². The highest BCUT2D eigenvalue weighted by molar-refractivity contribution is 5.98. The molecule has 2 rings (SSSR count). The number of Topliss-reactive ketones (excluding diaryl/α,β-unsaturated/α-hetero) is 1. The standard InChI is InChI=1S/C19H23O4/c1-2-3-4-5-6-7-17(21)15-10-11-18(16(12-15)13-20)23-19(22)14-8-9-14/h10-12,14H,2-9H2,1H3. The lowest BCUT2D eigenvalue weighted by atomic mass is 10.0. The fraction of sp³-hybridized carbons (Fsp3) is 0.526. The van der Waals surface area contributed by atoms with Crippen molar-refractivity contribution in [2.75, 3.05) is 0 Å². The van der Waals surface area contributed by atoms with Crippen LogP contribution in [0.4, 0.5) is 0 Å². The van der Waals surface area contributed by atoms with Crippen LogP contribution in [0.15, 0.2) is 18.2 Å². The summed E-state index contributed by atoms with van der Waals surface area (Å²) in [5.41, 5.74) is 0.612. The molecule has 1 aliphatic rings. The maximum absolute atomic E-state index is 12.2. The first kappa shape index (κ1) is 17.4. The second-order valence-corrected chi connectivity index (χ2v) is 6.10. The molecule has 0 spiro atoms. The van der Waals surface area contributed by atoms with Gasteiger partial charge in [-0.25, -0.2) is 0 Å². The summed E-state index contributed by atoms with van der Waals surface area (Å²) in [6.45, 7) is 2.15. The van der Waals surface area contributed by atoms with Gasteiger partial charge in [0.15, 0.2) is 5.78 Å². The summed E-state index contributed by atoms with van der Waals surface area (Å²) >= 11 is 0. The Balaban J connectivity index is 1.93. The van der Waals surface area contributed by atoms with Crippen molar-refractivity contribution in [1.82, 2.24) is 0 Å². The fourth-order valence-electron chi connectivity index (χ4n) is 2.42. The summed E-state index contributed by atoms with van der Waals surface area (Å²) in [6.07, 6.45) is 9.33. The summed E-state index contributed by atoms with van der Waals surface area (Å²) in [7, 11) is 0. The number of benzene rings is 1. The minimum atomic E-state index is -0.309. The molecule has 0 amide bonds. The topological polar surface area (TPSA) is 60.4 Å². The lowest BCUT2D eigenvalue weighted by Crippen LogP contribution is -2.11. The van der Waals surface area contributed by atoms with Gasteiger partial charge in [0, 0.05) is 12.0 Å². The van der Waals surface area contributed by atoms with E-state index in [1.807, 2.05) is 0 Å². The first-order chi connectivity index (χ1) is 11.2. The maximum atomic E-state index is 12.2. The van der Waals surface area contributed by atoms with E-state index in [0.717, 1.165) is 32.1 Å². The van der Waals surface area contributed by atoms with Crippen LogP contribution in [-0.4, -0.2) is 18.0 Å². The zero-order chi connectivity index (χ0) is 16.7. The maximum Gasteiger partial charge on any atom is 0.314 e. The molecule has 1 aromatic carbocycles. The number of esters is 1. The van der Waals surface area contributed by atoms with Gasteiger partial charge in [0.05, 0.1) is 11.5 Å². The summed E-state index contributed by atoms with van der Waals surface area (Å²) < 4.78 is 5.21. The molecule has 0 N–H and O–H groups in total. The average Bonchev–Trinajstić information content (AvgIpc) is 3.39. The molecule has 4 heteroatoms. The molecular formula is C19H23O4. The highest BCUT2D eigenvalue weighted by Crippen LogP contribution is 2.31. The van der Waals surface area contributed by atoms with Crippen LogP contribution in [0.1, 0.15) is 74.2 Å². The molecule has 1 saturated carbocycles. The normalized spacial score (nSPS) is 13.6. The minimum Gasteiger partial charge on any atom is -0.426 e.